The molecule has 0 aliphatic carbocycles. The van der Waals surface area contributed by atoms with Gasteiger partial charge in [0.2, 0.25) is 0 Å². The summed E-state index contributed by atoms with van der Waals surface area (Å²) in [6.45, 7) is 1.02. The number of rotatable bonds is 10. The first-order valence-electron chi connectivity index (χ1n) is 7.90. The fourth-order valence-corrected chi connectivity index (χ4v) is 2.75. The number of carbonyl (C=O) groups is 1. The van der Waals surface area contributed by atoms with Crippen molar-refractivity contribution in [1.29, 1.82) is 0 Å². The summed E-state index contributed by atoms with van der Waals surface area (Å²) in [4.78, 5) is 11.3. The van der Waals surface area contributed by atoms with Gasteiger partial charge in [0.25, 0.3) is 0 Å². The first-order chi connectivity index (χ1) is 11.7. The monoisotopic (exact) mass is 345 g/mol. The van der Waals surface area contributed by atoms with E-state index in [0.29, 0.717) is 19.6 Å². The zero-order valence-corrected chi connectivity index (χ0v) is 14.6. The Balaban J connectivity index is 1.88. The van der Waals surface area contributed by atoms with Crippen LogP contribution in [0.2, 0.25) is 0 Å². The van der Waals surface area contributed by atoms with E-state index in [-0.39, 0.29) is 0 Å². The summed E-state index contributed by atoms with van der Waals surface area (Å²) in [5, 5.41) is 12.3. The standard InChI is InChI=1S/C19H23NO3S/c1-24-11-10-18(19(21)22)20-13-16-8-5-9-17(12-16)23-14-15-6-3-2-4-7-15/h2-9,12,18,20H,10-11,13-14H2,1H3,(H,21,22)/t18-/m1/s1. The molecule has 0 spiro atoms. The molecule has 0 unspecified atom stereocenters. The van der Waals surface area contributed by atoms with Gasteiger partial charge in [-0.1, -0.05) is 42.5 Å². The average Bonchev–Trinajstić information content (AvgIpc) is 2.61. The van der Waals surface area contributed by atoms with Gasteiger partial charge in [-0.05, 0) is 41.7 Å². The highest BCUT2D eigenvalue weighted by molar-refractivity contribution is 7.98. The normalized spacial score (nSPS) is 11.9. The molecule has 0 heterocycles. The molecule has 0 saturated carbocycles. The van der Waals surface area contributed by atoms with Gasteiger partial charge in [0.05, 0.1) is 0 Å². The summed E-state index contributed by atoms with van der Waals surface area (Å²) in [5.41, 5.74) is 2.12. The largest absolute Gasteiger partial charge is 0.489 e. The number of nitrogens with one attached hydrogen (secondary N) is 1. The molecule has 1 atom stereocenters. The number of carboxylic acids is 1. The van der Waals surface area contributed by atoms with Crippen LogP contribution in [0.3, 0.4) is 0 Å². The molecule has 2 aromatic carbocycles. The van der Waals surface area contributed by atoms with E-state index >= 15 is 0 Å². The van der Waals surface area contributed by atoms with Crippen LogP contribution in [0.25, 0.3) is 0 Å². The molecule has 4 nitrogen and oxygen atoms in total. The van der Waals surface area contributed by atoms with Crippen LogP contribution in [-0.4, -0.2) is 29.1 Å². The summed E-state index contributed by atoms with van der Waals surface area (Å²) in [5.74, 6) is 0.805. The van der Waals surface area contributed by atoms with Crippen LogP contribution in [0.4, 0.5) is 0 Å². The highest BCUT2D eigenvalue weighted by Crippen LogP contribution is 2.15. The van der Waals surface area contributed by atoms with Gasteiger partial charge in [-0.15, -0.1) is 0 Å². The fraction of sp³-hybridized carbons (Fsp3) is 0.316. The lowest BCUT2D eigenvalue weighted by atomic mass is 10.1. The third kappa shape index (κ3) is 6.26. The Morgan fingerprint density at radius 2 is 1.92 bits per heavy atom. The van der Waals surface area contributed by atoms with Gasteiger partial charge in [-0.2, -0.15) is 11.8 Å². The Bertz CT molecular complexity index is 634. The van der Waals surface area contributed by atoms with E-state index < -0.39 is 12.0 Å². The van der Waals surface area contributed by atoms with Crippen LogP contribution in [0.5, 0.6) is 5.75 Å². The van der Waals surface area contributed by atoms with Crippen LogP contribution in [-0.2, 0) is 17.9 Å². The topological polar surface area (TPSA) is 58.6 Å². The molecular weight excluding hydrogens is 322 g/mol. The third-order valence-electron chi connectivity index (χ3n) is 3.61. The number of thioether (sulfide) groups is 1. The van der Waals surface area contributed by atoms with E-state index in [0.717, 1.165) is 22.6 Å². The highest BCUT2D eigenvalue weighted by atomic mass is 32.2. The summed E-state index contributed by atoms with van der Waals surface area (Å²) in [6.07, 6.45) is 2.59. The molecule has 5 heteroatoms. The zero-order valence-electron chi connectivity index (χ0n) is 13.8. The predicted molar refractivity (Wildman–Crippen MR) is 98.5 cm³/mol. The molecule has 128 valence electrons. The van der Waals surface area contributed by atoms with Gasteiger partial charge in [-0.3, -0.25) is 4.79 Å². The van der Waals surface area contributed by atoms with Crippen LogP contribution < -0.4 is 10.1 Å². The van der Waals surface area contributed by atoms with Crippen molar-refractivity contribution in [3.8, 4) is 5.75 Å². The Morgan fingerprint density at radius 3 is 2.62 bits per heavy atom. The average molecular weight is 345 g/mol. The minimum atomic E-state index is -0.805. The molecular formula is C19H23NO3S. The SMILES string of the molecule is CSCC[C@@H](NCc1cccc(OCc2ccccc2)c1)C(=O)O. The van der Waals surface area contributed by atoms with Gasteiger partial charge >= 0.3 is 5.97 Å². The summed E-state index contributed by atoms with van der Waals surface area (Å²) in [6, 6.07) is 17.2. The van der Waals surface area contributed by atoms with E-state index in [1.54, 1.807) is 11.8 Å². The number of aliphatic carboxylic acids is 1. The zero-order chi connectivity index (χ0) is 17.2. The van der Waals surface area contributed by atoms with E-state index in [1.807, 2.05) is 60.9 Å². The second-order valence-corrected chi connectivity index (χ2v) is 6.46. The second-order valence-electron chi connectivity index (χ2n) is 5.47. The Labute approximate surface area is 147 Å². The summed E-state index contributed by atoms with van der Waals surface area (Å²) < 4.78 is 5.80. The minimum Gasteiger partial charge on any atom is -0.489 e. The van der Waals surface area contributed by atoms with E-state index in [2.05, 4.69) is 5.32 Å². The van der Waals surface area contributed by atoms with E-state index in [1.165, 1.54) is 0 Å². The highest BCUT2D eigenvalue weighted by Gasteiger charge is 2.15. The molecule has 0 bridgehead atoms. The maximum absolute atomic E-state index is 11.3. The molecule has 2 aromatic rings. The lowest BCUT2D eigenvalue weighted by Gasteiger charge is -2.14. The van der Waals surface area contributed by atoms with Gasteiger partial charge in [0, 0.05) is 6.54 Å². The maximum atomic E-state index is 11.3. The summed E-state index contributed by atoms with van der Waals surface area (Å²) in [7, 11) is 0. The fourth-order valence-electron chi connectivity index (χ4n) is 2.28. The van der Waals surface area contributed by atoms with Crippen molar-refractivity contribution in [2.24, 2.45) is 0 Å². The van der Waals surface area contributed by atoms with Crippen LogP contribution in [0.15, 0.2) is 54.6 Å². The summed E-state index contributed by atoms with van der Waals surface area (Å²) >= 11 is 1.65. The van der Waals surface area contributed by atoms with Crippen LogP contribution >= 0.6 is 11.8 Å². The lowest BCUT2D eigenvalue weighted by Crippen LogP contribution is -2.36. The first-order valence-corrected chi connectivity index (χ1v) is 9.29. The van der Waals surface area contributed by atoms with Crippen LogP contribution in [0, 0.1) is 0 Å². The van der Waals surface area contributed by atoms with Crippen molar-refractivity contribution in [2.45, 2.75) is 25.6 Å². The number of hydrogen-bond acceptors (Lipinski definition) is 4. The van der Waals surface area contributed by atoms with Crippen molar-refractivity contribution in [1.82, 2.24) is 5.32 Å². The van der Waals surface area contributed by atoms with Crippen molar-refractivity contribution in [3.05, 3.63) is 65.7 Å². The first kappa shape index (κ1) is 18.4. The molecule has 2 N–H and O–H groups in total. The van der Waals surface area contributed by atoms with Crippen molar-refractivity contribution in [3.63, 3.8) is 0 Å². The molecule has 0 fully saturated rings. The maximum Gasteiger partial charge on any atom is 0.320 e. The lowest BCUT2D eigenvalue weighted by molar-refractivity contribution is -0.139. The Kier molecular flexibility index (Phi) is 7.65. The molecule has 2 rings (SSSR count). The third-order valence-corrected chi connectivity index (χ3v) is 4.25. The van der Waals surface area contributed by atoms with E-state index in [4.69, 9.17) is 4.74 Å². The number of ether oxygens (including phenoxy) is 1. The number of hydrogen-bond donors (Lipinski definition) is 2. The molecule has 24 heavy (non-hydrogen) atoms. The Hall–Kier alpha value is -1.98. The molecule has 0 aliphatic heterocycles. The molecule has 0 aromatic heterocycles. The molecule has 0 saturated heterocycles. The van der Waals surface area contributed by atoms with E-state index in [9.17, 15) is 9.90 Å². The minimum absolute atomic E-state index is 0.508. The Morgan fingerprint density at radius 1 is 1.17 bits per heavy atom. The molecule has 0 amide bonds. The quantitative estimate of drug-likeness (QED) is 0.689. The molecule has 0 aliphatic rings. The number of benzene rings is 2. The van der Waals surface area contributed by atoms with Crippen molar-refractivity contribution >= 4 is 17.7 Å². The van der Waals surface area contributed by atoms with Crippen molar-refractivity contribution < 1.29 is 14.6 Å². The second kappa shape index (κ2) is 10.0. The van der Waals surface area contributed by atoms with Gasteiger partial charge in [0.15, 0.2) is 0 Å². The smallest absolute Gasteiger partial charge is 0.320 e. The van der Waals surface area contributed by atoms with Gasteiger partial charge < -0.3 is 15.2 Å². The van der Waals surface area contributed by atoms with Crippen molar-refractivity contribution in [2.75, 3.05) is 12.0 Å². The van der Waals surface area contributed by atoms with Gasteiger partial charge in [-0.25, -0.2) is 0 Å². The predicted octanol–water partition coefficient (Wildman–Crippen LogP) is 3.56. The molecule has 0 radical (unpaired) electrons. The van der Waals surface area contributed by atoms with Gasteiger partial charge in [0.1, 0.15) is 18.4 Å². The number of carboxylic acid groups (broad SMARTS) is 1. The van der Waals surface area contributed by atoms with Crippen LogP contribution in [0.1, 0.15) is 17.5 Å².